The van der Waals surface area contributed by atoms with Gasteiger partial charge in [0.1, 0.15) is 0 Å². The van der Waals surface area contributed by atoms with E-state index in [9.17, 15) is 0 Å². The Morgan fingerprint density at radius 3 is 1.07 bits per heavy atom. The monoisotopic (exact) mass is 956 g/mol. The first-order valence-corrected chi connectivity index (χ1v) is 26.2. The normalized spacial score (nSPS) is 14.3. The highest BCUT2D eigenvalue weighted by Crippen LogP contribution is 2.63. The number of anilines is 5. The third kappa shape index (κ3) is 7.56. The number of nitrogens with zero attached hydrogens (tertiary/aromatic N) is 2. The SMILES string of the molecule is C1=CC(c2ccccc2)CC=C1N(c1ccc(-c2ccccc2)cc1)c1ccc(-c2ccc(N(c3ccc(-c4ccccc4)cc3)c3ccc4c(c3)-c3ccccc3C43c4ccccc4-c4ccccc43)cc2)cc1. The van der Waals surface area contributed by atoms with Gasteiger partial charge in [-0.2, -0.15) is 0 Å². The van der Waals surface area contributed by atoms with E-state index in [1.165, 1.54) is 78.0 Å². The standard InChI is InChI=1S/C73H52N2/c1-4-16-51(17-5-1)54-28-38-59(39-29-54)74(60-40-30-55(31-41-60)52-18-6-2-7-19-52)61-42-34-57(35-43-61)58-36-46-63(47-37-58)75(62-44-32-56(33-45-62)53-20-8-3-9-21-53)64-48-49-72-68(50-64)67-24-12-15-27-71(67)73(72)69-25-13-10-22-65(69)66-23-11-14-26-70(66)73/h1-30,32-50,55H,31H2. The summed E-state index contributed by atoms with van der Waals surface area (Å²) in [5, 5.41) is 0. The van der Waals surface area contributed by atoms with Gasteiger partial charge in [0.25, 0.3) is 0 Å². The van der Waals surface area contributed by atoms with Crippen LogP contribution < -0.4 is 9.80 Å². The molecule has 2 heteroatoms. The van der Waals surface area contributed by atoms with E-state index in [1.54, 1.807) is 0 Å². The van der Waals surface area contributed by atoms with Crippen molar-refractivity contribution in [2.75, 3.05) is 9.80 Å². The molecule has 1 atom stereocenters. The summed E-state index contributed by atoms with van der Waals surface area (Å²) in [5.41, 5.74) is 25.4. The lowest BCUT2D eigenvalue weighted by Crippen LogP contribution is -2.25. The fourth-order valence-corrected chi connectivity index (χ4v) is 12.3. The summed E-state index contributed by atoms with van der Waals surface area (Å²) in [6, 6.07) is 103. The summed E-state index contributed by atoms with van der Waals surface area (Å²) in [5.74, 6) is 0.354. The van der Waals surface area contributed by atoms with Crippen LogP contribution in [0.25, 0.3) is 55.6 Å². The summed E-state index contributed by atoms with van der Waals surface area (Å²) in [6.45, 7) is 0. The lowest BCUT2D eigenvalue weighted by Gasteiger charge is -2.31. The first-order valence-electron chi connectivity index (χ1n) is 26.2. The number of rotatable bonds is 10. The van der Waals surface area contributed by atoms with E-state index < -0.39 is 5.41 Å². The highest BCUT2D eigenvalue weighted by molar-refractivity contribution is 5.96. The molecule has 354 valence electrons. The average Bonchev–Trinajstić information content (AvgIpc) is 4.01. The van der Waals surface area contributed by atoms with Gasteiger partial charge in [0.2, 0.25) is 0 Å². The summed E-state index contributed by atoms with van der Waals surface area (Å²) < 4.78 is 0. The second-order valence-electron chi connectivity index (χ2n) is 19.9. The predicted molar refractivity (Wildman–Crippen MR) is 313 cm³/mol. The zero-order valence-corrected chi connectivity index (χ0v) is 41.5. The summed E-state index contributed by atoms with van der Waals surface area (Å²) in [7, 11) is 0. The molecule has 1 unspecified atom stereocenters. The van der Waals surface area contributed by atoms with Crippen LogP contribution in [-0.4, -0.2) is 0 Å². The topological polar surface area (TPSA) is 6.48 Å². The maximum atomic E-state index is 2.43. The molecule has 1 spiro atoms. The zero-order chi connectivity index (χ0) is 49.7. The number of hydrogen-bond donors (Lipinski definition) is 0. The fourth-order valence-electron chi connectivity index (χ4n) is 12.3. The second kappa shape index (κ2) is 18.5. The largest absolute Gasteiger partial charge is 0.311 e. The van der Waals surface area contributed by atoms with Crippen molar-refractivity contribution in [3.63, 3.8) is 0 Å². The minimum Gasteiger partial charge on any atom is -0.311 e. The van der Waals surface area contributed by atoms with Crippen molar-refractivity contribution >= 4 is 28.4 Å². The Morgan fingerprint density at radius 1 is 0.293 bits per heavy atom. The van der Waals surface area contributed by atoms with E-state index in [-0.39, 0.29) is 0 Å². The molecule has 0 fully saturated rings. The summed E-state index contributed by atoms with van der Waals surface area (Å²) in [6.07, 6.45) is 7.99. The molecule has 75 heavy (non-hydrogen) atoms. The lowest BCUT2D eigenvalue weighted by molar-refractivity contribution is 0.794. The van der Waals surface area contributed by atoms with Crippen LogP contribution in [0.4, 0.5) is 28.4 Å². The molecule has 0 heterocycles. The van der Waals surface area contributed by atoms with Crippen LogP contribution in [0.1, 0.15) is 40.2 Å². The van der Waals surface area contributed by atoms with Crippen LogP contribution >= 0.6 is 0 Å². The zero-order valence-electron chi connectivity index (χ0n) is 41.5. The van der Waals surface area contributed by atoms with Gasteiger partial charge in [0.05, 0.1) is 5.41 Å². The Morgan fingerprint density at radius 2 is 0.640 bits per heavy atom. The Bertz CT molecular complexity index is 3880. The fraction of sp³-hybridized carbons (Fsp3) is 0.0411. The minimum absolute atomic E-state index is 0.354. The number of fused-ring (bicyclic) bond motifs is 10. The molecule has 2 nitrogen and oxygen atoms in total. The molecule has 0 aromatic heterocycles. The Labute approximate surface area is 440 Å². The summed E-state index contributed by atoms with van der Waals surface area (Å²) >= 11 is 0. The van der Waals surface area contributed by atoms with Crippen LogP contribution in [0.5, 0.6) is 0 Å². The van der Waals surface area contributed by atoms with Crippen LogP contribution in [-0.2, 0) is 5.41 Å². The van der Waals surface area contributed by atoms with Gasteiger partial charge >= 0.3 is 0 Å². The van der Waals surface area contributed by atoms with Crippen molar-refractivity contribution in [2.24, 2.45) is 0 Å². The van der Waals surface area contributed by atoms with Gasteiger partial charge in [-0.1, -0.05) is 231 Å². The second-order valence-corrected chi connectivity index (χ2v) is 19.9. The lowest BCUT2D eigenvalue weighted by atomic mass is 9.70. The molecular weight excluding hydrogens is 905 g/mol. The van der Waals surface area contributed by atoms with E-state index in [0.717, 1.165) is 46.0 Å². The van der Waals surface area contributed by atoms with Crippen LogP contribution in [0.15, 0.2) is 303 Å². The maximum absolute atomic E-state index is 2.43. The van der Waals surface area contributed by atoms with Crippen molar-refractivity contribution in [1.82, 2.24) is 0 Å². The van der Waals surface area contributed by atoms with E-state index in [4.69, 9.17) is 0 Å². The van der Waals surface area contributed by atoms with Gasteiger partial charge in [0, 0.05) is 40.1 Å². The van der Waals surface area contributed by atoms with Crippen LogP contribution in [0, 0.1) is 0 Å². The Balaban J connectivity index is 0.825. The van der Waals surface area contributed by atoms with Crippen LogP contribution in [0.2, 0.25) is 0 Å². The molecule has 0 bridgehead atoms. The molecule has 11 aromatic rings. The molecule has 0 N–H and O–H groups in total. The molecule has 0 saturated heterocycles. The van der Waals surface area contributed by atoms with Crippen molar-refractivity contribution in [2.45, 2.75) is 17.8 Å². The van der Waals surface area contributed by atoms with Gasteiger partial charge in [-0.3, -0.25) is 0 Å². The predicted octanol–water partition coefficient (Wildman–Crippen LogP) is 19.3. The van der Waals surface area contributed by atoms with E-state index in [1.807, 2.05) is 0 Å². The van der Waals surface area contributed by atoms with Gasteiger partial charge in [0.15, 0.2) is 0 Å². The first-order chi connectivity index (χ1) is 37.2. The highest BCUT2D eigenvalue weighted by Gasteiger charge is 2.51. The molecule has 0 aliphatic heterocycles. The van der Waals surface area contributed by atoms with Crippen molar-refractivity contribution in [3.05, 3.63) is 331 Å². The quantitative estimate of drug-likeness (QED) is 0.135. The number of benzene rings is 11. The first kappa shape index (κ1) is 44.2. The molecule has 3 aliphatic rings. The average molecular weight is 957 g/mol. The van der Waals surface area contributed by atoms with E-state index in [2.05, 4.69) is 307 Å². The molecular formula is C73H52N2. The molecule has 3 aliphatic carbocycles. The molecule has 14 rings (SSSR count). The Hall–Kier alpha value is -9.50. The summed E-state index contributed by atoms with van der Waals surface area (Å²) in [4.78, 5) is 4.81. The molecule has 0 radical (unpaired) electrons. The van der Waals surface area contributed by atoms with Crippen molar-refractivity contribution < 1.29 is 0 Å². The van der Waals surface area contributed by atoms with Gasteiger partial charge in [-0.05, 0) is 157 Å². The highest BCUT2D eigenvalue weighted by atomic mass is 15.1. The molecule has 11 aromatic carbocycles. The van der Waals surface area contributed by atoms with Crippen molar-refractivity contribution in [3.8, 4) is 55.6 Å². The molecule has 0 amide bonds. The third-order valence-corrected chi connectivity index (χ3v) is 15.9. The van der Waals surface area contributed by atoms with E-state index in [0.29, 0.717) is 5.92 Å². The van der Waals surface area contributed by atoms with Gasteiger partial charge in [-0.15, -0.1) is 0 Å². The third-order valence-electron chi connectivity index (χ3n) is 15.9. The minimum atomic E-state index is -0.392. The number of hydrogen-bond acceptors (Lipinski definition) is 2. The number of allylic oxidation sites excluding steroid dienone is 3. The Kier molecular flexibility index (Phi) is 10.9. The van der Waals surface area contributed by atoms with Gasteiger partial charge in [-0.25, -0.2) is 0 Å². The van der Waals surface area contributed by atoms with Crippen molar-refractivity contribution in [1.29, 1.82) is 0 Å². The smallest absolute Gasteiger partial charge is 0.0725 e. The molecule has 0 saturated carbocycles. The van der Waals surface area contributed by atoms with E-state index >= 15 is 0 Å². The van der Waals surface area contributed by atoms with Crippen LogP contribution in [0.3, 0.4) is 0 Å². The van der Waals surface area contributed by atoms with Gasteiger partial charge < -0.3 is 9.80 Å². The maximum Gasteiger partial charge on any atom is 0.0725 e.